The summed E-state index contributed by atoms with van der Waals surface area (Å²) < 4.78 is 34.5. The molecule has 0 bridgehead atoms. The molecule has 200 valence electrons. The number of nitrogens with zero attached hydrogens (tertiary/aromatic N) is 1. The minimum atomic E-state index is -4.41. The monoisotopic (exact) mass is 531 g/mol. The van der Waals surface area contributed by atoms with E-state index < -0.39 is 26.3 Å². The molecular formula is C27H34NO8P. The Kier molecular flexibility index (Phi) is 10.1. The van der Waals surface area contributed by atoms with Gasteiger partial charge in [-0.2, -0.15) is 0 Å². The van der Waals surface area contributed by atoms with Gasteiger partial charge in [0.2, 0.25) is 0 Å². The fraction of sp³-hybridized carbons (Fsp3) is 0.370. The molecule has 2 atom stereocenters. The molecule has 0 spiro atoms. The maximum atomic E-state index is 12.3. The highest BCUT2D eigenvalue weighted by atomic mass is 31.2. The number of rotatable bonds is 15. The number of fused-ring (bicyclic) bond motifs is 1. The molecule has 0 aliphatic heterocycles. The standard InChI is InChI=1S/C27H34NO8P/c1-28(2,3)20-26(19-27(29)30)36-37(31,32)34-16-7-6-15-33-23-11-8-12-24(18-23)35-25-14-13-21-9-4-5-10-22(21)17-25/h4-5,8-14,17-18,26H,6-7,15-16,19-20H2,1-3H3,(H-,29,30,31,32)/t26-/m1/s1. The van der Waals surface area contributed by atoms with Gasteiger partial charge in [0, 0.05) is 18.5 Å². The fourth-order valence-electron chi connectivity index (χ4n) is 3.72. The van der Waals surface area contributed by atoms with Gasteiger partial charge in [0.1, 0.15) is 29.9 Å². The van der Waals surface area contributed by atoms with Crippen LogP contribution in [0.5, 0.6) is 17.2 Å². The summed E-state index contributed by atoms with van der Waals surface area (Å²) in [5, 5.41) is 13.2. The zero-order valence-corrected chi connectivity index (χ0v) is 22.3. The molecular weight excluding hydrogens is 497 g/mol. The van der Waals surface area contributed by atoms with E-state index in [-0.39, 0.29) is 13.2 Å². The number of carbonyl (C=O) groups excluding carboxylic acids is 1. The second-order valence-electron chi connectivity index (χ2n) is 9.72. The first-order valence-electron chi connectivity index (χ1n) is 12.0. The first-order chi connectivity index (χ1) is 17.5. The normalized spacial score (nSPS) is 14.2. The van der Waals surface area contributed by atoms with E-state index in [2.05, 4.69) is 0 Å². The van der Waals surface area contributed by atoms with Gasteiger partial charge < -0.3 is 28.8 Å². The van der Waals surface area contributed by atoms with E-state index >= 15 is 0 Å². The number of hydrogen-bond donors (Lipinski definition) is 1. The highest BCUT2D eigenvalue weighted by Crippen LogP contribution is 2.45. The highest BCUT2D eigenvalue weighted by Gasteiger charge is 2.30. The fourth-order valence-corrected chi connectivity index (χ4v) is 4.66. The van der Waals surface area contributed by atoms with Crippen molar-refractivity contribution in [3.63, 3.8) is 0 Å². The second-order valence-corrected chi connectivity index (χ2v) is 11.1. The predicted octanol–water partition coefficient (Wildman–Crippen LogP) is 4.14. The van der Waals surface area contributed by atoms with Crippen molar-refractivity contribution < 1.29 is 42.4 Å². The lowest BCUT2D eigenvalue weighted by Crippen LogP contribution is -2.44. The van der Waals surface area contributed by atoms with Crippen molar-refractivity contribution >= 4 is 24.6 Å². The zero-order valence-electron chi connectivity index (χ0n) is 21.4. The van der Waals surface area contributed by atoms with Crippen molar-refractivity contribution in [3.8, 4) is 17.2 Å². The minimum Gasteiger partial charge on any atom is -0.550 e. The number of phosphoric ester groups is 1. The van der Waals surface area contributed by atoms with Crippen molar-refractivity contribution in [2.45, 2.75) is 25.4 Å². The summed E-state index contributed by atoms with van der Waals surface area (Å²) >= 11 is 0. The first kappa shape index (κ1) is 28.6. The Morgan fingerprint density at radius 1 is 0.919 bits per heavy atom. The van der Waals surface area contributed by atoms with Crippen LogP contribution < -0.4 is 14.6 Å². The van der Waals surface area contributed by atoms with E-state index in [9.17, 15) is 19.4 Å². The van der Waals surface area contributed by atoms with E-state index in [0.717, 1.165) is 16.5 Å². The quantitative estimate of drug-likeness (QED) is 0.177. The van der Waals surface area contributed by atoms with Crippen molar-refractivity contribution in [1.29, 1.82) is 0 Å². The van der Waals surface area contributed by atoms with Crippen LogP contribution in [-0.4, -0.2) is 62.4 Å². The van der Waals surface area contributed by atoms with Crippen LogP contribution in [0.3, 0.4) is 0 Å². The van der Waals surface area contributed by atoms with Crippen LogP contribution in [0.4, 0.5) is 0 Å². The van der Waals surface area contributed by atoms with Gasteiger partial charge in [-0.25, -0.2) is 4.57 Å². The number of carbonyl (C=O) groups is 1. The Hall–Kier alpha value is -2.94. The third-order valence-electron chi connectivity index (χ3n) is 5.25. The van der Waals surface area contributed by atoms with Crippen molar-refractivity contribution in [2.75, 3.05) is 40.9 Å². The van der Waals surface area contributed by atoms with Gasteiger partial charge in [-0.3, -0.25) is 9.05 Å². The molecule has 37 heavy (non-hydrogen) atoms. The molecule has 0 aliphatic carbocycles. The van der Waals surface area contributed by atoms with Gasteiger partial charge in [0.05, 0.1) is 34.4 Å². The molecule has 9 nitrogen and oxygen atoms in total. The lowest BCUT2D eigenvalue weighted by molar-refractivity contribution is -0.873. The number of phosphoric acid groups is 1. The molecule has 0 amide bonds. The Morgan fingerprint density at radius 2 is 1.59 bits per heavy atom. The van der Waals surface area contributed by atoms with Gasteiger partial charge in [-0.15, -0.1) is 0 Å². The van der Waals surface area contributed by atoms with Gasteiger partial charge in [-0.05, 0) is 47.9 Å². The Balaban J connectivity index is 1.41. The molecule has 0 heterocycles. The SMILES string of the molecule is C[N+](C)(C)C[C@@H](CC(=O)[O-])OP(=O)(O)OCCCCOc1cccc(Oc2ccc3ccccc3c2)c1. The number of likely N-dealkylation sites (N-methyl/N-ethyl adjacent to an activating group) is 1. The molecule has 3 rings (SSSR count). The van der Waals surface area contributed by atoms with E-state index in [0.29, 0.717) is 35.4 Å². The Morgan fingerprint density at radius 3 is 2.32 bits per heavy atom. The van der Waals surface area contributed by atoms with Crippen LogP contribution in [0.25, 0.3) is 10.8 Å². The molecule has 0 saturated carbocycles. The smallest absolute Gasteiger partial charge is 0.472 e. The van der Waals surface area contributed by atoms with Crippen LogP contribution in [0.15, 0.2) is 66.7 Å². The summed E-state index contributed by atoms with van der Waals surface area (Å²) in [6.45, 7) is 0.540. The average Bonchev–Trinajstić information content (AvgIpc) is 2.79. The van der Waals surface area contributed by atoms with E-state index in [1.54, 1.807) is 6.07 Å². The largest absolute Gasteiger partial charge is 0.550 e. The molecule has 0 aromatic heterocycles. The van der Waals surface area contributed by atoms with Gasteiger partial charge in [-0.1, -0.05) is 36.4 Å². The molecule has 0 radical (unpaired) electrons. The predicted molar refractivity (Wildman–Crippen MR) is 138 cm³/mol. The Labute approximate surface area is 217 Å². The maximum absolute atomic E-state index is 12.3. The number of hydrogen-bond acceptors (Lipinski definition) is 7. The number of benzene rings is 3. The van der Waals surface area contributed by atoms with Crippen molar-refractivity contribution in [3.05, 3.63) is 66.7 Å². The number of unbranched alkanes of at least 4 members (excludes halogenated alkanes) is 1. The van der Waals surface area contributed by atoms with Gasteiger partial charge >= 0.3 is 7.82 Å². The molecule has 0 aliphatic rings. The number of quaternary nitrogens is 1. The lowest BCUT2D eigenvalue weighted by atomic mass is 10.1. The molecule has 3 aromatic carbocycles. The van der Waals surface area contributed by atoms with E-state index in [1.165, 1.54) is 0 Å². The van der Waals surface area contributed by atoms with E-state index in [1.807, 2.05) is 81.8 Å². The topological polar surface area (TPSA) is 114 Å². The number of carboxylic acid groups (broad SMARTS) is 1. The maximum Gasteiger partial charge on any atom is 0.472 e. The zero-order chi connectivity index (χ0) is 26.9. The van der Waals surface area contributed by atoms with Crippen LogP contribution in [-0.2, 0) is 18.4 Å². The lowest BCUT2D eigenvalue weighted by Gasteiger charge is -2.30. The average molecular weight is 532 g/mol. The first-order valence-corrected chi connectivity index (χ1v) is 13.5. The van der Waals surface area contributed by atoms with Crippen LogP contribution in [0, 0.1) is 0 Å². The summed E-state index contributed by atoms with van der Waals surface area (Å²) in [6, 6.07) is 21.3. The summed E-state index contributed by atoms with van der Waals surface area (Å²) in [5.74, 6) is 0.657. The molecule has 0 saturated heterocycles. The second kappa shape index (κ2) is 13.0. The minimum absolute atomic E-state index is 0.0370. The molecule has 0 fully saturated rings. The summed E-state index contributed by atoms with van der Waals surface area (Å²) in [6.07, 6.45) is -0.493. The molecule has 1 N–H and O–H groups in total. The van der Waals surface area contributed by atoms with Gasteiger partial charge in [0.25, 0.3) is 0 Å². The Bertz CT molecular complexity index is 1230. The summed E-state index contributed by atoms with van der Waals surface area (Å²) in [5.41, 5.74) is 0. The number of aliphatic carboxylic acids is 1. The molecule has 10 heteroatoms. The number of carboxylic acids is 1. The highest BCUT2D eigenvalue weighted by molar-refractivity contribution is 7.47. The third-order valence-corrected chi connectivity index (χ3v) is 6.33. The molecule has 1 unspecified atom stereocenters. The van der Waals surface area contributed by atoms with E-state index in [4.69, 9.17) is 18.5 Å². The number of ether oxygens (including phenoxy) is 2. The van der Waals surface area contributed by atoms with Crippen LogP contribution in [0.2, 0.25) is 0 Å². The van der Waals surface area contributed by atoms with Gasteiger partial charge in [0.15, 0.2) is 0 Å². The van der Waals surface area contributed by atoms with Crippen molar-refractivity contribution in [2.24, 2.45) is 0 Å². The summed E-state index contributed by atoms with van der Waals surface area (Å²) in [7, 11) is 1.05. The third kappa shape index (κ3) is 10.5. The van der Waals surface area contributed by atoms with Crippen LogP contribution >= 0.6 is 7.82 Å². The molecule has 3 aromatic rings. The summed E-state index contributed by atoms with van der Waals surface area (Å²) in [4.78, 5) is 20.9. The van der Waals surface area contributed by atoms with Crippen molar-refractivity contribution in [1.82, 2.24) is 0 Å². The van der Waals surface area contributed by atoms with Crippen LogP contribution in [0.1, 0.15) is 19.3 Å².